The predicted octanol–water partition coefficient (Wildman–Crippen LogP) is 4.43. The molecule has 0 unspecified atom stereocenters. The van der Waals surface area contributed by atoms with Crippen molar-refractivity contribution in [3.63, 3.8) is 0 Å². The summed E-state index contributed by atoms with van der Waals surface area (Å²) in [4.78, 5) is 15.9. The molecule has 1 aromatic carbocycles. The first-order valence-corrected chi connectivity index (χ1v) is 6.67. The number of amides is 1. The van der Waals surface area contributed by atoms with E-state index in [-0.39, 0.29) is 5.91 Å². The first-order valence-electron chi connectivity index (χ1n) is 5.92. The van der Waals surface area contributed by atoms with Gasteiger partial charge in [0.25, 0.3) is 0 Å². The first-order chi connectivity index (χ1) is 9.56. The summed E-state index contributed by atoms with van der Waals surface area (Å²) in [5.74, 6) is 0.180. The Kier molecular flexibility index (Phi) is 4.77. The average Bonchev–Trinajstić information content (AvgIpc) is 2.41. The van der Waals surface area contributed by atoms with Crippen molar-refractivity contribution in [1.82, 2.24) is 4.98 Å². The summed E-state index contributed by atoms with van der Waals surface area (Å²) in [6.45, 7) is 1.83. The molecule has 0 aliphatic carbocycles. The Morgan fingerprint density at radius 2 is 1.95 bits per heavy atom. The second-order valence-electron chi connectivity index (χ2n) is 4.16. The van der Waals surface area contributed by atoms with Gasteiger partial charge in [-0.2, -0.15) is 0 Å². The van der Waals surface area contributed by atoms with Gasteiger partial charge in [-0.3, -0.25) is 4.79 Å². The highest BCUT2D eigenvalue weighted by atomic mass is 35.5. The smallest absolute Gasteiger partial charge is 0.249 e. The number of nitrogens with zero attached hydrogens (tertiary/aromatic N) is 1. The van der Waals surface area contributed by atoms with Crippen LogP contribution in [0.25, 0.3) is 5.57 Å². The third-order valence-electron chi connectivity index (χ3n) is 2.62. The van der Waals surface area contributed by atoms with Crippen LogP contribution in [0.5, 0.6) is 0 Å². The molecule has 102 valence electrons. The number of allylic oxidation sites excluding steroid dienone is 1. The molecule has 0 atom stereocenters. The molecule has 0 spiro atoms. The van der Waals surface area contributed by atoms with Crippen molar-refractivity contribution < 1.29 is 4.79 Å². The predicted molar refractivity (Wildman–Crippen MR) is 83.0 cm³/mol. The van der Waals surface area contributed by atoms with Crippen LogP contribution in [-0.4, -0.2) is 10.9 Å². The summed E-state index contributed by atoms with van der Waals surface area (Å²) in [5.41, 5.74) is 1.61. The Bertz CT molecular complexity index is 651. The quantitative estimate of drug-likeness (QED) is 0.852. The van der Waals surface area contributed by atoms with E-state index < -0.39 is 0 Å². The van der Waals surface area contributed by atoms with Crippen molar-refractivity contribution in [2.24, 2.45) is 0 Å². The summed E-state index contributed by atoms with van der Waals surface area (Å²) in [6.07, 6.45) is 2.96. The van der Waals surface area contributed by atoms with Crippen molar-refractivity contribution in [2.45, 2.75) is 6.92 Å². The minimum absolute atomic E-state index is 0.266. The number of carbonyl (C=O) groups is 1. The molecule has 1 amide bonds. The molecule has 20 heavy (non-hydrogen) atoms. The minimum Gasteiger partial charge on any atom is -0.307 e. The lowest BCUT2D eigenvalue weighted by molar-refractivity contribution is -0.111. The molecule has 1 aromatic heterocycles. The van der Waals surface area contributed by atoms with E-state index in [0.29, 0.717) is 15.9 Å². The molecule has 0 radical (unpaired) electrons. The topological polar surface area (TPSA) is 42.0 Å². The highest BCUT2D eigenvalue weighted by molar-refractivity contribution is 6.32. The maximum Gasteiger partial charge on any atom is 0.249 e. The third kappa shape index (κ3) is 3.83. The van der Waals surface area contributed by atoms with Gasteiger partial charge in [-0.15, -0.1) is 0 Å². The zero-order valence-corrected chi connectivity index (χ0v) is 12.2. The van der Waals surface area contributed by atoms with Gasteiger partial charge in [0, 0.05) is 17.3 Å². The number of halogens is 2. The van der Waals surface area contributed by atoms with Crippen LogP contribution in [0.3, 0.4) is 0 Å². The standard InChI is InChI=1S/C15H12Cl2N2O/c1-10(12-4-2-3-5-13(12)17)8-15(20)19-14-7-6-11(16)9-18-14/h2-9H,1H3,(H,18,19,20)/b10-8-. The molecule has 0 fully saturated rings. The van der Waals surface area contributed by atoms with Crippen molar-refractivity contribution in [3.8, 4) is 0 Å². The molecule has 2 rings (SSSR count). The van der Waals surface area contributed by atoms with E-state index in [9.17, 15) is 4.79 Å². The van der Waals surface area contributed by atoms with E-state index in [4.69, 9.17) is 23.2 Å². The third-order valence-corrected chi connectivity index (χ3v) is 3.18. The van der Waals surface area contributed by atoms with E-state index in [1.165, 1.54) is 12.3 Å². The van der Waals surface area contributed by atoms with E-state index in [1.807, 2.05) is 25.1 Å². The minimum atomic E-state index is -0.266. The van der Waals surface area contributed by atoms with Gasteiger partial charge in [-0.25, -0.2) is 4.98 Å². The van der Waals surface area contributed by atoms with E-state index in [2.05, 4.69) is 10.3 Å². The molecule has 3 nitrogen and oxygen atoms in total. The Hall–Kier alpha value is -1.84. The summed E-state index contributed by atoms with van der Waals surface area (Å²) in [7, 11) is 0. The first kappa shape index (κ1) is 14.6. The highest BCUT2D eigenvalue weighted by Gasteiger charge is 2.05. The van der Waals surface area contributed by atoms with Crippen LogP contribution in [0.2, 0.25) is 10.0 Å². The van der Waals surface area contributed by atoms with Crippen molar-refractivity contribution in [3.05, 3.63) is 64.3 Å². The van der Waals surface area contributed by atoms with Crippen molar-refractivity contribution >= 4 is 40.5 Å². The zero-order chi connectivity index (χ0) is 14.5. The summed E-state index contributed by atoms with van der Waals surface area (Å²) < 4.78 is 0. The van der Waals surface area contributed by atoms with E-state index >= 15 is 0 Å². The Labute approximate surface area is 127 Å². The molecule has 1 N–H and O–H groups in total. The Morgan fingerprint density at radius 3 is 2.60 bits per heavy atom. The number of pyridine rings is 1. The van der Waals surface area contributed by atoms with Gasteiger partial charge in [0.1, 0.15) is 5.82 Å². The molecule has 2 aromatic rings. The number of hydrogen-bond donors (Lipinski definition) is 1. The summed E-state index contributed by atoms with van der Waals surface area (Å²) in [5, 5.41) is 3.79. The van der Waals surface area contributed by atoms with Crippen LogP contribution >= 0.6 is 23.2 Å². The Morgan fingerprint density at radius 1 is 1.20 bits per heavy atom. The number of benzene rings is 1. The van der Waals surface area contributed by atoms with Crippen LogP contribution in [-0.2, 0) is 4.79 Å². The highest BCUT2D eigenvalue weighted by Crippen LogP contribution is 2.23. The summed E-state index contributed by atoms with van der Waals surface area (Å²) in [6, 6.07) is 10.7. The molecule has 0 bridgehead atoms. The second-order valence-corrected chi connectivity index (χ2v) is 5.00. The lowest BCUT2D eigenvalue weighted by atomic mass is 10.1. The van der Waals surface area contributed by atoms with Crippen LogP contribution < -0.4 is 5.32 Å². The molecular weight excluding hydrogens is 295 g/mol. The number of anilines is 1. The van der Waals surface area contributed by atoms with Gasteiger partial charge in [0.2, 0.25) is 5.91 Å². The molecule has 1 heterocycles. The number of nitrogens with one attached hydrogen (secondary N) is 1. The zero-order valence-electron chi connectivity index (χ0n) is 10.7. The summed E-state index contributed by atoms with van der Waals surface area (Å²) >= 11 is 11.8. The van der Waals surface area contributed by atoms with Crippen LogP contribution in [0, 0.1) is 0 Å². The van der Waals surface area contributed by atoms with E-state index in [1.54, 1.807) is 18.2 Å². The SMILES string of the molecule is C/C(=C/C(=O)Nc1ccc(Cl)cn1)c1ccccc1Cl. The van der Waals surface area contributed by atoms with Gasteiger partial charge < -0.3 is 5.32 Å². The van der Waals surface area contributed by atoms with Gasteiger partial charge in [-0.05, 0) is 36.3 Å². The van der Waals surface area contributed by atoms with Crippen LogP contribution in [0.1, 0.15) is 12.5 Å². The molecule has 0 aliphatic heterocycles. The normalized spacial score (nSPS) is 11.2. The maximum absolute atomic E-state index is 11.9. The number of aromatic nitrogens is 1. The fraction of sp³-hybridized carbons (Fsp3) is 0.0667. The van der Waals surface area contributed by atoms with Crippen molar-refractivity contribution in [2.75, 3.05) is 5.32 Å². The number of rotatable bonds is 3. The molecule has 0 aliphatic rings. The van der Waals surface area contributed by atoms with Gasteiger partial charge in [0.15, 0.2) is 0 Å². The van der Waals surface area contributed by atoms with Gasteiger partial charge >= 0.3 is 0 Å². The van der Waals surface area contributed by atoms with Crippen LogP contribution in [0.4, 0.5) is 5.82 Å². The maximum atomic E-state index is 11.9. The van der Waals surface area contributed by atoms with Crippen LogP contribution in [0.15, 0.2) is 48.7 Å². The number of hydrogen-bond acceptors (Lipinski definition) is 2. The lowest BCUT2D eigenvalue weighted by Crippen LogP contribution is -2.09. The van der Waals surface area contributed by atoms with Crippen molar-refractivity contribution in [1.29, 1.82) is 0 Å². The fourth-order valence-corrected chi connectivity index (χ4v) is 2.06. The largest absolute Gasteiger partial charge is 0.307 e. The fourth-order valence-electron chi connectivity index (χ4n) is 1.67. The van der Waals surface area contributed by atoms with Gasteiger partial charge in [-0.1, -0.05) is 41.4 Å². The Balaban J connectivity index is 2.12. The molecule has 0 saturated heterocycles. The molecular formula is C15H12Cl2N2O. The van der Waals surface area contributed by atoms with Gasteiger partial charge in [0.05, 0.1) is 5.02 Å². The monoisotopic (exact) mass is 306 g/mol. The molecule has 5 heteroatoms. The van der Waals surface area contributed by atoms with E-state index in [0.717, 1.165) is 11.1 Å². The molecule has 0 saturated carbocycles. The number of carbonyl (C=O) groups excluding carboxylic acids is 1. The average molecular weight is 307 g/mol. The lowest BCUT2D eigenvalue weighted by Gasteiger charge is -2.05. The second kappa shape index (κ2) is 6.55.